The first-order chi connectivity index (χ1) is 22.3. The number of hydrogen-bond donors (Lipinski definition) is 4. The summed E-state index contributed by atoms with van der Waals surface area (Å²) in [6.45, 7) is 4.48. The Bertz CT molecular complexity index is 1710. The summed E-state index contributed by atoms with van der Waals surface area (Å²) in [7, 11) is 0. The lowest BCUT2D eigenvalue weighted by Gasteiger charge is -2.44. The molecule has 0 radical (unpaired) electrons. The molecule has 2 aliphatic heterocycles. The van der Waals surface area contributed by atoms with Crippen LogP contribution in [0.3, 0.4) is 0 Å². The van der Waals surface area contributed by atoms with Crippen molar-refractivity contribution in [3.8, 4) is 0 Å². The number of carboxylic acids is 1. The van der Waals surface area contributed by atoms with Crippen LogP contribution in [-0.2, 0) is 25.7 Å². The molecule has 0 saturated carbocycles. The molecule has 0 bridgehead atoms. The number of aliphatic carboxylic acids is 1. The van der Waals surface area contributed by atoms with E-state index in [4.69, 9.17) is 14.6 Å². The maximum absolute atomic E-state index is 12.8. The Morgan fingerprint density at radius 1 is 0.935 bits per heavy atom. The monoisotopic (exact) mass is 628 g/mol. The van der Waals surface area contributed by atoms with Gasteiger partial charge in [-0.1, -0.05) is 55.5 Å². The largest absolute Gasteiger partial charge is 0.481 e. The van der Waals surface area contributed by atoms with Crippen molar-refractivity contribution in [1.82, 2.24) is 14.5 Å². The molecule has 3 heterocycles. The molecule has 2 aliphatic rings. The van der Waals surface area contributed by atoms with Crippen LogP contribution in [0.25, 0.3) is 11.0 Å². The van der Waals surface area contributed by atoms with Crippen molar-refractivity contribution in [2.45, 2.75) is 63.8 Å². The summed E-state index contributed by atoms with van der Waals surface area (Å²) in [6, 6.07) is 23.0. The zero-order valence-electron chi connectivity index (χ0n) is 25.8. The van der Waals surface area contributed by atoms with Crippen molar-refractivity contribution in [3.05, 3.63) is 100.0 Å². The van der Waals surface area contributed by atoms with Gasteiger partial charge >= 0.3 is 11.7 Å². The third-order valence-corrected chi connectivity index (χ3v) is 9.14. The SMILES string of the molecule is CC1C(CN2CCC(n3c(=O)[nH]c4ccccc43)CC2)OC(c2ccc(NC(=O)CCC(=O)O)cc2)OC1c1ccc(CO)cc1. The number of likely N-dealkylation sites (tertiary alicyclic amines) is 1. The number of benzene rings is 3. The number of para-hydroxylation sites is 2. The average Bonchev–Trinajstić information content (AvgIpc) is 3.41. The third kappa shape index (κ3) is 7.07. The quantitative estimate of drug-likeness (QED) is 0.197. The van der Waals surface area contributed by atoms with Gasteiger partial charge in [-0.3, -0.25) is 14.2 Å². The van der Waals surface area contributed by atoms with Crippen LogP contribution in [0.5, 0.6) is 0 Å². The van der Waals surface area contributed by atoms with Gasteiger partial charge in [0.25, 0.3) is 0 Å². The van der Waals surface area contributed by atoms with E-state index in [0.29, 0.717) is 12.2 Å². The number of piperidine rings is 1. The van der Waals surface area contributed by atoms with Crippen LogP contribution in [0.4, 0.5) is 5.69 Å². The summed E-state index contributed by atoms with van der Waals surface area (Å²) in [4.78, 5) is 41.1. The molecule has 6 rings (SSSR count). The fourth-order valence-electron chi connectivity index (χ4n) is 6.55. The minimum Gasteiger partial charge on any atom is -0.481 e. The predicted molar refractivity (Wildman–Crippen MR) is 172 cm³/mol. The number of nitrogens with zero attached hydrogens (tertiary/aromatic N) is 2. The maximum Gasteiger partial charge on any atom is 0.326 e. The van der Waals surface area contributed by atoms with E-state index in [9.17, 15) is 19.5 Å². The number of rotatable bonds is 10. The van der Waals surface area contributed by atoms with Gasteiger partial charge in [0.2, 0.25) is 5.91 Å². The van der Waals surface area contributed by atoms with E-state index in [1.54, 1.807) is 12.1 Å². The highest BCUT2D eigenvalue weighted by Crippen LogP contribution is 2.42. The van der Waals surface area contributed by atoms with Gasteiger partial charge in [0, 0.05) is 49.3 Å². The molecule has 3 aromatic carbocycles. The number of imidazole rings is 1. The Labute approximate surface area is 266 Å². The Hall–Kier alpha value is -4.29. The van der Waals surface area contributed by atoms with Crippen LogP contribution in [0.1, 0.15) is 67.7 Å². The number of carbonyl (C=O) groups excluding carboxylic acids is 1. The summed E-state index contributed by atoms with van der Waals surface area (Å²) >= 11 is 0. The molecule has 1 amide bonds. The summed E-state index contributed by atoms with van der Waals surface area (Å²) in [5.41, 5.74) is 4.93. The van der Waals surface area contributed by atoms with Crippen LogP contribution in [0.15, 0.2) is 77.6 Å². The molecule has 11 nitrogen and oxygen atoms in total. The lowest BCUT2D eigenvalue weighted by atomic mass is 9.89. The van der Waals surface area contributed by atoms with Crippen molar-refractivity contribution in [2.24, 2.45) is 5.92 Å². The molecule has 4 atom stereocenters. The van der Waals surface area contributed by atoms with Gasteiger partial charge in [-0.05, 0) is 48.2 Å². The molecular weight excluding hydrogens is 588 g/mol. The second kappa shape index (κ2) is 14.0. The number of aliphatic hydroxyl groups is 1. The highest BCUT2D eigenvalue weighted by Gasteiger charge is 2.39. The highest BCUT2D eigenvalue weighted by molar-refractivity contribution is 5.92. The Morgan fingerprint density at radius 2 is 1.63 bits per heavy atom. The van der Waals surface area contributed by atoms with Gasteiger partial charge in [0.05, 0.1) is 36.3 Å². The second-order valence-corrected chi connectivity index (χ2v) is 12.2. The zero-order chi connectivity index (χ0) is 32.2. The number of carbonyl (C=O) groups is 2. The molecule has 2 saturated heterocycles. The maximum atomic E-state index is 12.8. The lowest BCUT2D eigenvalue weighted by Crippen LogP contribution is -2.47. The zero-order valence-corrected chi connectivity index (χ0v) is 25.8. The second-order valence-electron chi connectivity index (χ2n) is 12.2. The standard InChI is InChI=1S/C35H40N4O7/c1-22-30(20-38-18-16-27(17-19-38)39-29-5-3-2-4-28(29)37-35(39)44)45-34(46-33(22)24-8-6-23(21-40)7-9-24)25-10-12-26(13-11-25)36-31(41)14-15-32(42)43/h2-13,22,27,30,33-34,40H,14-21H2,1H3,(H,36,41)(H,37,44)(H,42,43). The van der Waals surface area contributed by atoms with Gasteiger partial charge in [0.1, 0.15) is 0 Å². The minimum atomic E-state index is -1.02. The summed E-state index contributed by atoms with van der Waals surface area (Å²) in [6.07, 6.45) is 0.328. The Balaban J connectivity index is 1.16. The van der Waals surface area contributed by atoms with E-state index in [0.717, 1.165) is 53.7 Å². The number of carboxylic acid groups (broad SMARTS) is 1. The van der Waals surface area contributed by atoms with E-state index in [-0.39, 0.29) is 55.2 Å². The van der Waals surface area contributed by atoms with Crippen LogP contribution in [0.2, 0.25) is 0 Å². The van der Waals surface area contributed by atoms with Gasteiger partial charge in [-0.2, -0.15) is 0 Å². The first-order valence-corrected chi connectivity index (χ1v) is 15.8. The van der Waals surface area contributed by atoms with Crippen molar-refractivity contribution >= 4 is 28.6 Å². The number of aliphatic hydroxyl groups excluding tert-OH is 1. The number of H-pyrrole nitrogens is 1. The predicted octanol–water partition coefficient (Wildman–Crippen LogP) is 4.75. The first-order valence-electron chi connectivity index (χ1n) is 15.8. The Morgan fingerprint density at radius 3 is 2.33 bits per heavy atom. The Kier molecular flexibility index (Phi) is 9.64. The van der Waals surface area contributed by atoms with Crippen LogP contribution < -0.4 is 11.0 Å². The summed E-state index contributed by atoms with van der Waals surface area (Å²) in [5, 5.41) is 21.1. The van der Waals surface area contributed by atoms with Crippen LogP contribution >= 0.6 is 0 Å². The van der Waals surface area contributed by atoms with Crippen molar-refractivity contribution in [2.75, 3.05) is 25.0 Å². The number of fused-ring (bicyclic) bond motifs is 1. The van der Waals surface area contributed by atoms with E-state index >= 15 is 0 Å². The van der Waals surface area contributed by atoms with Gasteiger partial charge in [-0.25, -0.2) is 4.79 Å². The molecule has 242 valence electrons. The number of aromatic amines is 1. The molecule has 4 unspecified atom stereocenters. The van der Waals surface area contributed by atoms with E-state index in [2.05, 4.69) is 22.1 Å². The number of anilines is 1. The summed E-state index contributed by atoms with van der Waals surface area (Å²) < 4.78 is 15.1. The van der Waals surface area contributed by atoms with Crippen molar-refractivity contribution in [1.29, 1.82) is 0 Å². The van der Waals surface area contributed by atoms with Gasteiger partial charge in [-0.15, -0.1) is 0 Å². The topological polar surface area (TPSA) is 146 Å². The molecule has 4 aromatic rings. The molecule has 1 aromatic heterocycles. The third-order valence-electron chi connectivity index (χ3n) is 9.14. The molecule has 46 heavy (non-hydrogen) atoms. The fraction of sp³-hybridized carbons (Fsp3) is 0.400. The molecule has 4 N–H and O–H groups in total. The molecular formula is C35H40N4O7. The first kappa shape index (κ1) is 31.7. The van der Waals surface area contributed by atoms with Gasteiger partial charge in [0.15, 0.2) is 6.29 Å². The van der Waals surface area contributed by atoms with Crippen molar-refractivity contribution < 1.29 is 29.3 Å². The van der Waals surface area contributed by atoms with E-state index in [1.165, 1.54) is 0 Å². The van der Waals surface area contributed by atoms with E-state index in [1.807, 2.05) is 65.2 Å². The average molecular weight is 629 g/mol. The molecule has 2 fully saturated rings. The lowest BCUT2D eigenvalue weighted by molar-refractivity contribution is -0.276. The molecule has 0 spiro atoms. The van der Waals surface area contributed by atoms with Gasteiger partial charge < -0.3 is 34.9 Å². The molecule has 11 heteroatoms. The number of hydrogen-bond acceptors (Lipinski definition) is 7. The summed E-state index contributed by atoms with van der Waals surface area (Å²) in [5.74, 6) is -1.35. The normalized spacial score (nSPS) is 22.6. The highest BCUT2D eigenvalue weighted by atomic mass is 16.7. The van der Waals surface area contributed by atoms with Crippen LogP contribution in [0, 0.1) is 5.92 Å². The fourth-order valence-corrected chi connectivity index (χ4v) is 6.55. The van der Waals surface area contributed by atoms with E-state index < -0.39 is 12.3 Å². The van der Waals surface area contributed by atoms with Crippen molar-refractivity contribution in [3.63, 3.8) is 0 Å². The smallest absolute Gasteiger partial charge is 0.326 e. The number of aromatic nitrogens is 2. The number of ether oxygens (including phenoxy) is 2. The minimum absolute atomic E-state index is 0.0259. The number of nitrogens with one attached hydrogen (secondary N) is 2. The molecule has 0 aliphatic carbocycles. The number of amides is 1. The van der Waals surface area contributed by atoms with Crippen LogP contribution in [-0.4, -0.2) is 62.3 Å².